The Labute approximate surface area is 79.6 Å². The molecule has 68 valence electrons. The molecule has 4 heteroatoms. The Morgan fingerprint density at radius 3 is 2.86 bits per heavy atom. The summed E-state index contributed by atoms with van der Waals surface area (Å²) in [6.45, 7) is 0. The van der Waals surface area contributed by atoms with E-state index in [9.17, 15) is 4.39 Å². The molecule has 0 unspecified atom stereocenters. The molecule has 1 aromatic carbocycles. The lowest BCUT2D eigenvalue weighted by atomic mass is 10.2. The summed E-state index contributed by atoms with van der Waals surface area (Å²) in [5, 5.41) is 9.15. The van der Waals surface area contributed by atoms with E-state index in [1.54, 1.807) is 24.3 Å². The van der Waals surface area contributed by atoms with Crippen LogP contribution in [0.3, 0.4) is 0 Å². The lowest BCUT2D eigenvalue weighted by Crippen LogP contribution is -1.91. The van der Waals surface area contributed by atoms with Crippen LogP contribution in [0, 0.1) is 17.1 Å². The number of hydrogen-bond acceptors (Lipinski definition) is 3. The number of rotatable bonds is 0. The number of nitriles is 1. The quantitative estimate of drug-likeness (QED) is 0.640. The van der Waals surface area contributed by atoms with Crippen molar-refractivity contribution in [2.24, 2.45) is 0 Å². The van der Waals surface area contributed by atoms with Gasteiger partial charge in [0, 0.05) is 11.1 Å². The average molecular weight is 187 g/mol. The van der Waals surface area contributed by atoms with Gasteiger partial charge in [-0.15, -0.1) is 0 Å². The summed E-state index contributed by atoms with van der Waals surface area (Å²) in [7, 11) is 0. The monoisotopic (exact) mass is 187 g/mol. The zero-order valence-electron chi connectivity index (χ0n) is 7.16. The summed E-state index contributed by atoms with van der Waals surface area (Å²) < 4.78 is 13.1. The fourth-order valence-corrected chi connectivity index (χ4v) is 1.25. The van der Waals surface area contributed by atoms with Gasteiger partial charge in [0.1, 0.15) is 6.07 Å². The van der Waals surface area contributed by atoms with Crippen molar-refractivity contribution in [3.8, 4) is 6.07 Å². The van der Waals surface area contributed by atoms with Crippen molar-refractivity contribution < 1.29 is 4.39 Å². The zero-order chi connectivity index (χ0) is 10.1. The molecule has 0 aliphatic rings. The molecule has 0 fully saturated rings. The van der Waals surface area contributed by atoms with E-state index >= 15 is 0 Å². The Balaban J connectivity index is 2.81. The molecule has 2 N–H and O–H groups in total. The number of hydrogen-bond donors (Lipinski definition) is 1. The predicted molar refractivity (Wildman–Crippen MR) is 50.8 cm³/mol. The van der Waals surface area contributed by atoms with Gasteiger partial charge in [0.2, 0.25) is 0 Å². The molecule has 0 bridgehead atoms. The molecule has 0 aliphatic heterocycles. The summed E-state index contributed by atoms with van der Waals surface area (Å²) >= 11 is 0. The smallest absolute Gasteiger partial charge is 0.176 e. The van der Waals surface area contributed by atoms with E-state index in [1.807, 2.05) is 0 Å². The molecule has 0 saturated heterocycles. The van der Waals surface area contributed by atoms with E-state index in [-0.39, 0.29) is 5.69 Å². The van der Waals surface area contributed by atoms with Gasteiger partial charge in [0.05, 0.1) is 5.52 Å². The van der Waals surface area contributed by atoms with Crippen molar-refractivity contribution in [3.05, 3.63) is 35.8 Å². The van der Waals surface area contributed by atoms with Crippen LogP contribution in [0.5, 0.6) is 0 Å². The first-order chi connectivity index (χ1) is 6.70. The number of aromatic nitrogens is 1. The average Bonchev–Trinajstić information content (AvgIpc) is 2.16. The van der Waals surface area contributed by atoms with E-state index in [0.29, 0.717) is 16.6 Å². The molecule has 0 amide bonds. The third-order valence-corrected chi connectivity index (χ3v) is 1.90. The molecular formula is C10H6FN3. The van der Waals surface area contributed by atoms with Crippen molar-refractivity contribution in [2.75, 3.05) is 5.73 Å². The number of halogens is 1. The summed E-state index contributed by atoms with van der Waals surface area (Å²) in [6, 6.07) is 7.88. The van der Waals surface area contributed by atoms with Crippen LogP contribution < -0.4 is 5.73 Å². The van der Waals surface area contributed by atoms with E-state index in [0.717, 1.165) is 0 Å². The Hall–Kier alpha value is -2.15. The minimum atomic E-state index is -0.620. The maximum Gasteiger partial charge on any atom is 0.176 e. The lowest BCUT2D eigenvalue weighted by molar-refractivity contribution is 0.619. The van der Waals surface area contributed by atoms with Crippen LogP contribution in [0.15, 0.2) is 24.3 Å². The van der Waals surface area contributed by atoms with E-state index in [4.69, 9.17) is 11.0 Å². The molecule has 0 atom stereocenters. The van der Waals surface area contributed by atoms with Crippen LogP contribution in [0.2, 0.25) is 0 Å². The SMILES string of the molecule is N#Cc1nc2ccc(N)cc2cc1F. The second-order valence-corrected chi connectivity index (χ2v) is 2.88. The second kappa shape index (κ2) is 2.96. The van der Waals surface area contributed by atoms with Gasteiger partial charge in [0.25, 0.3) is 0 Å². The summed E-state index contributed by atoms with van der Waals surface area (Å²) in [5.41, 5.74) is 6.45. The Morgan fingerprint density at radius 2 is 2.14 bits per heavy atom. The number of nitrogens with zero attached hydrogens (tertiary/aromatic N) is 2. The van der Waals surface area contributed by atoms with Crippen molar-refractivity contribution in [1.82, 2.24) is 4.98 Å². The molecule has 0 radical (unpaired) electrons. The Bertz CT molecular complexity index is 543. The highest BCUT2D eigenvalue weighted by molar-refractivity contribution is 5.82. The van der Waals surface area contributed by atoms with Crippen molar-refractivity contribution in [3.63, 3.8) is 0 Å². The molecule has 3 nitrogen and oxygen atoms in total. The molecular weight excluding hydrogens is 181 g/mol. The highest BCUT2D eigenvalue weighted by Gasteiger charge is 2.05. The number of benzene rings is 1. The van der Waals surface area contributed by atoms with Gasteiger partial charge in [-0.1, -0.05) is 0 Å². The maximum absolute atomic E-state index is 13.1. The van der Waals surface area contributed by atoms with Gasteiger partial charge in [-0.3, -0.25) is 0 Å². The summed E-state index contributed by atoms with van der Waals surface area (Å²) in [6.07, 6.45) is 0. The zero-order valence-corrected chi connectivity index (χ0v) is 7.16. The fraction of sp³-hybridized carbons (Fsp3) is 0. The molecule has 0 aliphatic carbocycles. The summed E-state index contributed by atoms with van der Waals surface area (Å²) in [4.78, 5) is 3.84. The van der Waals surface area contributed by atoms with Gasteiger partial charge in [-0.05, 0) is 24.3 Å². The predicted octanol–water partition coefficient (Wildman–Crippen LogP) is 1.83. The fourth-order valence-electron chi connectivity index (χ4n) is 1.25. The van der Waals surface area contributed by atoms with Crippen LogP contribution in [0.25, 0.3) is 10.9 Å². The molecule has 14 heavy (non-hydrogen) atoms. The lowest BCUT2D eigenvalue weighted by Gasteiger charge is -1.99. The second-order valence-electron chi connectivity index (χ2n) is 2.88. The molecule has 0 spiro atoms. The van der Waals surface area contributed by atoms with E-state index in [2.05, 4.69) is 4.98 Å². The van der Waals surface area contributed by atoms with Gasteiger partial charge >= 0.3 is 0 Å². The van der Waals surface area contributed by atoms with Gasteiger partial charge in [-0.2, -0.15) is 5.26 Å². The van der Waals surface area contributed by atoms with Gasteiger partial charge < -0.3 is 5.73 Å². The van der Waals surface area contributed by atoms with Crippen LogP contribution in [-0.2, 0) is 0 Å². The third kappa shape index (κ3) is 1.25. The van der Waals surface area contributed by atoms with Crippen LogP contribution >= 0.6 is 0 Å². The molecule has 2 aromatic rings. The first-order valence-electron chi connectivity index (χ1n) is 3.96. The maximum atomic E-state index is 13.1. The highest BCUT2D eigenvalue weighted by Crippen LogP contribution is 2.17. The van der Waals surface area contributed by atoms with Gasteiger partial charge in [0.15, 0.2) is 11.5 Å². The van der Waals surface area contributed by atoms with Gasteiger partial charge in [-0.25, -0.2) is 9.37 Å². The molecule has 1 heterocycles. The van der Waals surface area contributed by atoms with Crippen LogP contribution in [0.1, 0.15) is 5.69 Å². The summed E-state index contributed by atoms with van der Waals surface area (Å²) in [5.74, 6) is -0.620. The first-order valence-corrected chi connectivity index (χ1v) is 3.96. The largest absolute Gasteiger partial charge is 0.399 e. The number of nitrogen functional groups attached to an aromatic ring is 1. The van der Waals surface area contributed by atoms with Crippen molar-refractivity contribution in [2.45, 2.75) is 0 Å². The molecule has 1 aromatic heterocycles. The number of nitrogens with two attached hydrogens (primary N) is 1. The van der Waals surface area contributed by atoms with Crippen molar-refractivity contribution >= 4 is 16.6 Å². The van der Waals surface area contributed by atoms with E-state index in [1.165, 1.54) is 6.07 Å². The number of pyridine rings is 1. The molecule has 2 rings (SSSR count). The van der Waals surface area contributed by atoms with Crippen molar-refractivity contribution in [1.29, 1.82) is 5.26 Å². The minimum absolute atomic E-state index is 0.192. The normalized spacial score (nSPS) is 10.0. The standard InChI is InChI=1S/C10H6FN3/c11-8-4-6-3-7(13)1-2-9(6)14-10(8)5-12/h1-4H,13H2. The Kier molecular flexibility index (Phi) is 1.79. The number of anilines is 1. The third-order valence-electron chi connectivity index (χ3n) is 1.90. The topological polar surface area (TPSA) is 62.7 Å². The van der Waals surface area contributed by atoms with Crippen LogP contribution in [0.4, 0.5) is 10.1 Å². The van der Waals surface area contributed by atoms with Crippen LogP contribution in [-0.4, -0.2) is 4.98 Å². The minimum Gasteiger partial charge on any atom is -0.399 e. The first kappa shape index (κ1) is 8.45. The van der Waals surface area contributed by atoms with E-state index < -0.39 is 5.82 Å². The highest BCUT2D eigenvalue weighted by atomic mass is 19.1. The number of fused-ring (bicyclic) bond motifs is 1. The Morgan fingerprint density at radius 1 is 1.36 bits per heavy atom. The molecule has 0 saturated carbocycles.